The lowest BCUT2D eigenvalue weighted by molar-refractivity contribution is -0.378. The summed E-state index contributed by atoms with van der Waals surface area (Å²) in [7, 11) is 0. The smallest absolute Gasteiger partial charge is 0.187 e. The first-order valence-corrected chi connectivity index (χ1v) is 27.9. The number of hydrogen-bond donors (Lipinski definition) is 15. The van der Waals surface area contributed by atoms with E-state index in [2.05, 4.69) is 40.7 Å². The van der Waals surface area contributed by atoms with E-state index in [-0.39, 0.29) is 34.5 Å². The lowest BCUT2D eigenvalue weighted by Gasteiger charge is -2.71. The van der Waals surface area contributed by atoms with Crippen LogP contribution in [0.15, 0.2) is 11.6 Å². The third-order valence-electron chi connectivity index (χ3n) is 20.9. The lowest BCUT2D eigenvalue weighted by Crippen LogP contribution is -2.68. The van der Waals surface area contributed by atoms with Crippen LogP contribution in [0.5, 0.6) is 0 Å². The molecule has 8 aliphatic rings. The Labute approximate surface area is 450 Å². The first-order valence-electron chi connectivity index (χ1n) is 27.9. The summed E-state index contributed by atoms with van der Waals surface area (Å²) in [5, 5.41) is 162. The maximum absolute atomic E-state index is 12.8. The van der Waals surface area contributed by atoms with Crippen LogP contribution < -0.4 is 0 Å². The van der Waals surface area contributed by atoms with Gasteiger partial charge in [0.15, 0.2) is 25.2 Å². The number of fused-ring (bicyclic) bond motifs is 5. The van der Waals surface area contributed by atoms with Crippen LogP contribution in [0.2, 0.25) is 0 Å². The standard InChI is InChI=1S/C54H92O23/c1-23(2)10-9-14-54(8,77-48-44(69)40(65)37(62)29(74-48)22-70-46-42(67)38(63)34(59)26(19-55)71-46)24-11-16-53(7)33(24)25(58)18-31-51(5)15-13-32(50(3,4)30(51)12-17-52(31,53)6)75-49-45(41(66)36(61)28(21-57)73-49)76-47-43(68)39(64)35(60)27(20-56)72-47/h10,24-49,55-69H,9,11-22H2,1-8H3/t24?,25?,26?,27?,28?,29?,30?,31?,32?,33?,34?,35?,36?,37?,38?,39?,40?,41?,42?,43?,44?,45?,46?,47?,48?,49?,51-,52+,53+,54?/m0/s1. The van der Waals surface area contributed by atoms with E-state index < -0.39 is 178 Å². The topological polar surface area (TPSA) is 377 Å². The second-order valence-electron chi connectivity index (χ2n) is 25.7. The van der Waals surface area contributed by atoms with Gasteiger partial charge in [-0.15, -0.1) is 0 Å². The molecule has 0 radical (unpaired) electrons. The quantitative estimate of drug-likeness (QED) is 0.0576. The van der Waals surface area contributed by atoms with Crippen molar-refractivity contribution >= 4 is 0 Å². The summed E-state index contributed by atoms with van der Waals surface area (Å²) >= 11 is 0. The van der Waals surface area contributed by atoms with Crippen molar-refractivity contribution in [2.75, 3.05) is 26.4 Å². The molecule has 4 aliphatic carbocycles. The zero-order valence-electron chi connectivity index (χ0n) is 45.8. The van der Waals surface area contributed by atoms with E-state index in [1.807, 2.05) is 20.8 Å². The molecule has 446 valence electrons. The molecular formula is C54H92O23. The fraction of sp³-hybridized carbons (Fsp3) is 0.963. The van der Waals surface area contributed by atoms with Gasteiger partial charge in [-0.3, -0.25) is 0 Å². The van der Waals surface area contributed by atoms with Gasteiger partial charge in [-0.25, -0.2) is 0 Å². The summed E-state index contributed by atoms with van der Waals surface area (Å²) in [5.74, 6) is -0.475. The number of rotatable bonds is 16. The third kappa shape index (κ3) is 10.9. The van der Waals surface area contributed by atoms with E-state index in [0.717, 1.165) is 24.8 Å². The molecule has 27 unspecified atom stereocenters. The second kappa shape index (κ2) is 23.5. The van der Waals surface area contributed by atoms with E-state index in [1.54, 1.807) is 0 Å². The molecule has 8 fully saturated rings. The molecule has 15 N–H and O–H groups in total. The summed E-state index contributed by atoms with van der Waals surface area (Å²) in [4.78, 5) is 0. The molecule has 0 aromatic rings. The lowest BCUT2D eigenvalue weighted by atomic mass is 9.35. The predicted octanol–water partition coefficient (Wildman–Crippen LogP) is -2.20. The van der Waals surface area contributed by atoms with Crippen LogP contribution in [0.3, 0.4) is 0 Å². The normalized spacial score (nSPS) is 52.7. The minimum atomic E-state index is -1.82. The molecule has 30 atom stereocenters. The molecule has 77 heavy (non-hydrogen) atoms. The highest BCUT2D eigenvalue weighted by Gasteiger charge is 2.72. The van der Waals surface area contributed by atoms with Crippen LogP contribution in [-0.2, 0) is 37.9 Å². The summed E-state index contributed by atoms with van der Waals surface area (Å²) in [5.41, 5.74) is -1.59. The summed E-state index contributed by atoms with van der Waals surface area (Å²) in [6.45, 7) is 14.6. The number of ether oxygens (including phenoxy) is 8. The van der Waals surface area contributed by atoms with E-state index >= 15 is 0 Å². The first-order chi connectivity index (χ1) is 36.0. The Bertz CT molecular complexity index is 1990. The van der Waals surface area contributed by atoms with Crippen molar-refractivity contribution in [3.05, 3.63) is 11.6 Å². The Balaban J connectivity index is 1.01. The fourth-order valence-electron chi connectivity index (χ4n) is 16.3. The van der Waals surface area contributed by atoms with Gasteiger partial charge in [0, 0.05) is 0 Å². The van der Waals surface area contributed by atoms with Crippen LogP contribution in [0.4, 0.5) is 0 Å². The Hall–Kier alpha value is -1.18. The molecule has 23 heteroatoms. The molecular weight excluding hydrogens is 1020 g/mol. The largest absolute Gasteiger partial charge is 0.394 e. The number of aliphatic hydroxyl groups is 15. The molecule has 8 rings (SSSR count). The molecule has 0 bridgehead atoms. The van der Waals surface area contributed by atoms with Crippen molar-refractivity contribution in [2.45, 2.75) is 254 Å². The Kier molecular flexibility index (Phi) is 18.9. The van der Waals surface area contributed by atoms with Gasteiger partial charge < -0.3 is 114 Å². The highest BCUT2D eigenvalue weighted by Crippen LogP contribution is 2.76. The van der Waals surface area contributed by atoms with Crippen molar-refractivity contribution < 1.29 is 114 Å². The maximum atomic E-state index is 12.8. The molecule has 23 nitrogen and oxygen atoms in total. The molecule has 0 spiro atoms. The van der Waals surface area contributed by atoms with Crippen LogP contribution in [0, 0.1) is 45.3 Å². The monoisotopic (exact) mass is 1110 g/mol. The number of hydrogen-bond acceptors (Lipinski definition) is 23. The highest BCUT2D eigenvalue weighted by molar-refractivity contribution is 5.20. The highest BCUT2D eigenvalue weighted by atomic mass is 16.8. The Morgan fingerprint density at radius 1 is 0.545 bits per heavy atom. The van der Waals surface area contributed by atoms with Crippen molar-refractivity contribution in [2.24, 2.45) is 45.3 Å². The molecule has 4 saturated heterocycles. The Morgan fingerprint density at radius 3 is 1.64 bits per heavy atom. The molecule has 4 aliphatic heterocycles. The van der Waals surface area contributed by atoms with E-state index in [0.29, 0.717) is 38.5 Å². The van der Waals surface area contributed by atoms with Gasteiger partial charge in [0.05, 0.1) is 44.2 Å². The van der Waals surface area contributed by atoms with E-state index in [4.69, 9.17) is 37.9 Å². The first kappa shape index (κ1) is 61.9. The fourth-order valence-corrected chi connectivity index (χ4v) is 16.3. The van der Waals surface area contributed by atoms with Gasteiger partial charge in [-0.2, -0.15) is 0 Å². The van der Waals surface area contributed by atoms with Crippen LogP contribution in [0.25, 0.3) is 0 Å². The maximum Gasteiger partial charge on any atom is 0.187 e. The average molecular weight is 1110 g/mol. The zero-order valence-corrected chi connectivity index (χ0v) is 45.8. The van der Waals surface area contributed by atoms with Crippen LogP contribution in [0.1, 0.15) is 113 Å². The SMILES string of the molecule is CC(C)=CCCC(C)(OC1OC(COC2OC(CO)C(O)C(O)C2O)C(O)C(O)C1O)C1CC[C@]2(C)C1C(O)CC1[C@@]3(C)CCC(OC4OC(CO)C(O)C(O)C4OC4OC(CO)C(O)C(O)C4O)C(C)(C)C3CC[C@]12C. The molecule has 4 heterocycles. The van der Waals surface area contributed by atoms with E-state index in [9.17, 15) is 76.6 Å². The summed E-state index contributed by atoms with van der Waals surface area (Å²) in [6.07, 6.45) is -25.2. The van der Waals surface area contributed by atoms with Gasteiger partial charge in [0.2, 0.25) is 0 Å². The third-order valence-corrected chi connectivity index (χ3v) is 20.9. The van der Waals surface area contributed by atoms with Gasteiger partial charge in [-0.1, -0.05) is 46.3 Å². The van der Waals surface area contributed by atoms with Crippen LogP contribution >= 0.6 is 0 Å². The number of allylic oxidation sites excluding steroid dienone is 2. The Morgan fingerprint density at radius 2 is 1.05 bits per heavy atom. The van der Waals surface area contributed by atoms with Gasteiger partial charge >= 0.3 is 0 Å². The molecule has 0 amide bonds. The molecule has 0 aromatic heterocycles. The minimum Gasteiger partial charge on any atom is -0.394 e. The van der Waals surface area contributed by atoms with Gasteiger partial charge in [-0.05, 0) is 124 Å². The molecule has 4 saturated carbocycles. The van der Waals surface area contributed by atoms with Crippen molar-refractivity contribution in [1.29, 1.82) is 0 Å². The summed E-state index contributed by atoms with van der Waals surface area (Å²) in [6, 6.07) is 0. The average Bonchev–Trinajstić information content (AvgIpc) is 3.96. The zero-order chi connectivity index (χ0) is 56.6. The number of aliphatic hydroxyl groups excluding tert-OH is 15. The van der Waals surface area contributed by atoms with Crippen LogP contribution in [-0.4, -0.2) is 244 Å². The van der Waals surface area contributed by atoms with Crippen molar-refractivity contribution in [1.82, 2.24) is 0 Å². The van der Waals surface area contributed by atoms with E-state index in [1.165, 1.54) is 0 Å². The minimum absolute atomic E-state index is 0.0374. The van der Waals surface area contributed by atoms with Crippen molar-refractivity contribution in [3.63, 3.8) is 0 Å². The van der Waals surface area contributed by atoms with Gasteiger partial charge in [0.25, 0.3) is 0 Å². The molecule has 0 aromatic carbocycles. The van der Waals surface area contributed by atoms with Crippen molar-refractivity contribution in [3.8, 4) is 0 Å². The van der Waals surface area contributed by atoms with Gasteiger partial charge in [0.1, 0.15) is 97.7 Å². The summed E-state index contributed by atoms with van der Waals surface area (Å²) < 4.78 is 48.9. The second-order valence-corrected chi connectivity index (χ2v) is 25.7. The predicted molar refractivity (Wildman–Crippen MR) is 266 cm³/mol.